The zero-order valence-electron chi connectivity index (χ0n) is 15.8. The van der Waals surface area contributed by atoms with Crippen LogP contribution in [0.15, 0.2) is 24.3 Å². The lowest BCUT2D eigenvalue weighted by atomic mass is 9.68. The Balaban J connectivity index is 1.30. The lowest BCUT2D eigenvalue weighted by Gasteiger charge is -2.45. The first-order chi connectivity index (χ1) is 12.5. The summed E-state index contributed by atoms with van der Waals surface area (Å²) in [5, 5.41) is 12.5. The number of nitrogens with one attached hydrogen (secondary N) is 1. The third-order valence-corrected chi connectivity index (χ3v) is 6.43. The van der Waals surface area contributed by atoms with Gasteiger partial charge >= 0.3 is 0 Å². The van der Waals surface area contributed by atoms with Crippen molar-refractivity contribution in [2.75, 3.05) is 19.7 Å². The van der Waals surface area contributed by atoms with Crippen LogP contribution in [-0.2, 0) is 9.53 Å². The molecular formula is C21H30N2O3. The molecule has 0 aromatic heterocycles. The number of piperidine rings is 1. The van der Waals surface area contributed by atoms with Gasteiger partial charge in [0.25, 0.3) is 0 Å². The van der Waals surface area contributed by atoms with Gasteiger partial charge < -0.3 is 14.7 Å². The Bertz CT molecular complexity index is 661. The third kappa shape index (κ3) is 3.40. The second kappa shape index (κ2) is 6.95. The predicted molar refractivity (Wildman–Crippen MR) is 99.6 cm³/mol. The molecule has 1 saturated carbocycles. The van der Waals surface area contributed by atoms with Gasteiger partial charge in [0, 0.05) is 24.5 Å². The lowest BCUT2D eigenvalue weighted by molar-refractivity contribution is -0.142. The standard InChI is InChI=1S/C21H30N2O3/c1-14(2)16-4-3-5-17(10-16)15-6-8-23(9-7-15)19(24)18-11-21(12-18)13-26-20(25)22-21/h3-5,10,14-15,18,20,22,25H,6-9,11-13H2,1-2H3/t18-,20?,21+. The fraction of sp³-hybridized carbons (Fsp3) is 0.667. The molecule has 2 N–H and O–H groups in total. The van der Waals surface area contributed by atoms with Gasteiger partial charge in [-0.05, 0) is 48.6 Å². The number of likely N-dealkylation sites (tertiary alicyclic amines) is 1. The zero-order valence-corrected chi connectivity index (χ0v) is 15.8. The summed E-state index contributed by atoms with van der Waals surface area (Å²) in [4.78, 5) is 14.8. The second-order valence-electron chi connectivity index (χ2n) is 8.62. The second-order valence-corrected chi connectivity index (χ2v) is 8.62. The molecule has 1 aromatic carbocycles. The SMILES string of the molecule is CC(C)c1cccc(C2CCN(C(=O)[C@H]3C[C@]4(COC(O)N4)C3)CC2)c1. The number of rotatable bonds is 3. The molecule has 1 atom stereocenters. The molecule has 142 valence electrons. The highest BCUT2D eigenvalue weighted by Crippen LogP contribution is 2.42. The van der Waals surface area contributed by atoms with Crippen molar-refractivity contribution in [3.63, 3.8) is 0 Å². The maximum absolute atomic E-state index is 12.8. The van der Waals surface area contributed by atoms with E-state index in [0.29, 0.717) is 18.4 Å². The van der Waals surface area contributed by atoms with E-state index in [-0.39, 0.29) is 17.4 Å². The molecular weight excluding hydrogens is 328 g/mol. The molecule has 5 heteroatoms. The summed E-state index contributed by atoms with van der Waals surface area (Å²) >= 11 is 0. The molecule has 1 spiro atoms. The lowest BCUT2D eigenvalue weighted by Crippen LogP contribution is -2.59. The van der Waals surface area contributed by atoms with Gasteiger partial charge in [-0.1, -0.05) is 38.1 Å². The van der Waals surface area contributed by atoms with Crippen molar-refractivity contribution >= 4 is 5.91 Å². The maximum Gasteiger partial charge on any atom is 0.225 e. The molecule has 3 aliphatic rings. The molecule has 0 radical (unpaired) electrons. The van der Waals surface area contributed by atoms with Crippen molar-refractivity contribution in [3.8, 4) is 0 Å². The van der Waals surface area contributed by atoms with Crippen molar-refractivity contribution in [1.82, 2.24) is 10.2 Å². The Labute approximate surface area is 155 Å². The van der Waals surface area contributed by atoms with Crippen LogP contribution in [0.25, 0.3) is 0 Å². The summed E-state index contributed by atoms with van der Waals surface area (Å²) in [6, 6.07) is 8.96. The number of amides is 1. The van der Waals surface area contributed by atoms with E-state index in [1.807, 2.05) is 4.90 Å². The average molecular weight is 358 g/mol. The number of ether oxygens (including phenoxy) is 1. The fourth-order valence-corrected chi connectivity index (χ4v) is 4.74. The Morgan fingerprint density at radius 1 is 1.31 bits per heavy atom. The van der Waals surface area contributed by atoms with Crippen molar-refractivity contribution in [2.45, 2.75) is 63.3 Å². The summed E-state index contributed by atoms with van der Waals surface area (Å²) < 4.78 is 5.19. The Morgan fingerprint density at radius 3 is 2.65 bits per heavy atom. The molecule has 2 heterocycles. The monoisotopic (exact) mass is 358 g/mol. The van der Waals surface area contributed by atoms with Crippen molar-refractivity contribution in [2.24, 2.45) is 5.92 Å². The van der Waals surface area contributed by atoms with Gasteiger partial charge in [0.15, 0.2) is 0 Å². The van der Waals surface area contributed by atoms with Gasteiger partial charge in [0.1, 0.15) is 0 Å². The first-order valence-corrected chi connectivity index (χ1v) is 9.92. The van der Waals surface area contributed by atoms with E-state index in [9.17, 15) is 9.90 Å². The number of aliphatic hydroxyl groups is 1. The van der Waals surface area contributed by atoms with Crippen LogP contribution in [0, 0.1) is 5.92 Å². The summed E-state index contributed by atoms with van der Waals surface area (Å²) in [5.74, 6) is 1.48. The van der Waals surface area contributed by atoms with Gasteiger partial charge in [-0.25, -0.2) is 0 Å². The number of hydrogen-bond acceptors (Lipinski definition) is 4. The molecule has 3 fully saturated rings. The van der Waals surface area contributed by atoms with Crippen molar-refractivity contribution < 1.29 is 14.6 Å². The molecule has 5 nitrogen and oxygen atoms in total. The summed E-state index contributed by atoms with van der Waals surface area (Å²) in [7, 11) is 0. The highest BCUT2D eigenvalue weighted by Gasteiger charge is 2.52. The highest BCUT2D eigenvalue weighted by molar-refractivity contribution is 5.80. The minimum Gasteiger partial charge on any atom is -0.356 e. The molecule has 1 unspecified atom stereocenters. The minimum atomic E-state index is -0.872. The first kappa shape index (κ1) is 18.0. The topological polar surface area (TPSA) is 61.8 Å². The fourth-order valence-electron chi connectivity index (χ4n) is 4.74. The Kier molecular flexibility index (Phi) is 4.80. The van der Waals surface area contributed by atoms with Crippen LogP contribution in [0.1, 0.15) is 62.5 Å². The zero-order chi connectivity index (χ0) is 18.3. The van der Waals surface area contributed by atoms with Crippen molar-refractivity contribution in [1.29, 1.82) is 0 Å². The van der Waals surface area contributed by atoms with Crippen molar-refractivity contribution in [3.05, 3.63) is 35.4 Å². The van der Waals surface area contributed by atoms with E-state index in [0.717, 1.165) is 38.8 Å². The quantitative estimate of drug-likeness (QED) is 0.872. The van der Waals surface area contributed by atoms with E-state index in [2.05, 4.69) is 43.4 Å². The molecule has 26 heavy (non-hydrogen) atoms. The third-order valence-electron chi connectivity index (χ3n) is 6.43. The molecule has 0 bridgehead atoms. The molecule has 2 aliphatic heterocycles. The van der Waals surface area contributed by atoms with Crippen LogP contribution in [0.3, 0.4) is 0 Å². The average Bonchev–Trinajstić information content (AvgIpc) is 3.02. The summed E-state index contributed by atoms with van der Waals surface area (Å²) in [5.41, 5.74) is 2.65. The molecule has 1 aliphatic carbocycles. The minimum absolute atomic E-state index is 0.0808. The van der Waals surface area contributed by atoms with Gasteiger partial charge in [-0.3, -0.25) is 10.1 Å². The van der Waals surface area contributed by atoms with Gasteiger partial charge in [-0.15, -0.1) is 0 Å². The van der Waals surface area contributed by atoms with Crippen LogP contribution in [0.4, 0.5) is 0 Å². The smallest absolute Gasteiger partial charge is 0.225 e. The van der Waals surface area contributed by atoms with Gasteiger partial charge in [0.05, 0.1) is 6.61 Å². The van der Waals surface area contributed by atoms with E-state index in [4.69, 9.17) is 4.74 Å². The van der Waals surface area contributed by atoms with Crippen LogP contribution in [0.2, 0.25) is 0 Å². The van der Waals surface area contributed by atoms with E-state index in [1.165, 1.54) is 11.1 Å². The van der Waals surface area contributed by atoms with Crippen LogP contribution in [-0.4, -0.2) is 47.6 Å². The van der Waals surface area contributed by atoms with E-state index < -0.39 is 6.41 Å². The van der Waals surface area contributed by atoms with E-state index >= 15 is 0 Å². The number of carbonyl (C=O) groups is 1. The van der Waals surface area contributed by atoms with E-state index in [1.54, 1.807) is 0 Å². The number of carbonyl (C=O) groups excluding carboxylic acids is 1. The van der Waals surface area contributed by atoms with Crippen LogP contribution < -0.4 is 5.32 Å². The Morgan fingerprint density at radius 2 is 2.04 bits per heavy atom. The number of benzene rings is 1. The number of aliphatic hydroxyl groups excluding tert-OH is 1. The molecule has 2 saturated heterocycles. The number of nitrogens with zero attached hydrogens (tertiary/aromatic N) is 1. The number of hydrogen-bond donors (Lipinski definition) is 2. The normalized spacial score (nSPS) is 32.2. The predicted octanol–water partition coefficient (Wildman–Crippen LogP) is 2.56. The van der Waals surface area contributed by atoms with Gasteiger partial charge in [0.2, 0.25) is 12.3 Å². The molecule has 4 rings (SSSR count). The largest absolute Gasteiger partial charge is 0.356 e. The highest BCUT2D eigenvalue weighted by atomic mass is 16.6. The Hall–Kier alpha value is -1.43. The van der Waals surface area contributed by atoms with Crippen LogP contribution in [0.5, 0.6) is 0 Å². The van der Waals surface area contributed by atoms with Gasteiger partial charge in [-0.2, -0.15) is 0 Å². The summed E-state index contributed by atoms with van der Waals surface area (Å²) in [6.45, 7) is 6.67. The molecule has 1 aromatic rings. The summed E-state index contributed by atoms with van der Waals surface area (Å²) in [6.07, 6.45) is 2.78. The molecule has 1 amide bonds. The first-order valence-electron chi connectivity index (χ1n) is 9.92. The maximum atomic E-state index is 12.8. The van der Waals surface area contributed by atoms with Crippen LogP contribution >= 0.6 is 0 Å².